The van der Waals surface area contributed by atoms with Gasteiger partial charge in [-0.3, -0.25) is 4.79 Å². The van der Waals surface area contributed by atoms with Crippen LogP contribution in [0.1, 0.15) is 27.0 Å². The van der Waals surface area contributed by atoms with Crippen LogP contribution < -0.4 is 0 Å². The minimum absolute atomic E-state index is 0.0340. The molecule has 0 heterocycles. The largest absolute Gasteiger partial charge is 0.508 e. The highest BCUT2D eigenvalue weighted by Crippen LogP contribution is 2.32. The lowest BCUT2D eigenvalue weighted by atomic mass is 9.97. The Hall–Kier alpha value is -2.29. The summed E-state index contributed by atoms with van der Waals surface area (Å²) in [6, 6.07) is 10.7. The van der Waals surface area contributed by atoms with Gasteiger partial charge in [-0.15, -0.1) is 0 Å². The molecule has 0 unspecified atom stereocenters. The summed E-state index contributed by atoms with van der Waals surface area (Å²) >= 11 is 0. The van der Waals surface area contributed by atoms with Crippen molar-refractivity contribution in [1.29, 1.82) is 0 Å². The lowest BCUT2D eigenvalue weighted by Crippen LogP contribution is -2.05. The molecule has 0 aliphatic heterocycles. The maximum atomic E-state index is 12.2. The maximum absolute atomic E-state index is 12.2. The van der Waals surface area contributed by atoms with Gasteiger partial charge in [0.1, 0.15) is 11.5 Å². The van der Waals surface area contributed by atoms with E-state index in [1.807, 2.05) is 30.3 Å². The number of aromatic hydroxyl groups is 2. The summed E-state index contributed by atoms with van der Waals surface area (Å²) in [5.41, 5.74) is 2.18. The Morgan fingerprint density at radius 3 is 2.32 bits per heavy atom. The predicted octanol–water partition coefficient (Wildman–Crippen LogP) is 3.14. The SMILES string of the molecule is Cc1c(O)cc(C(=O)Cc2ccccc2)c(O)c1C. The van der Waals surface area contributed by atoms with E-state index in [0.717, 1.165) is 5.56 Å². The zero-order chi connectivity index (χ0) is 14.0. The highest BCUT2D eigenvalue weighted by atomic mass is 16.3. The van der Waals surface area contributed by atoms with Gasteiger partial charge in [0, 0.05) is 6.42 Å². The quantitative estimate of drug-likeness (QED) is 0.655. The molecule has 0 aromatic heterocycles. The molecule has 3 heteroatoms. The predicted molar refractivity (Wildman–Crippen MR) is 73.7 cm³/mol. The van der Waals surface area contributed by atoms with Crippen molar-refractivity contribution in [3.63, 3.8) is 0 Å². The normalized spacial score (nSPS) is 10.4. The number of benzene rings is 2. The van der Waals surface area contributed by atoms with Crippen LogP contribution in [0.4, 0.5) is 0 Å². The van der Waals surface area contributed by atoms with Gasteiger partial charge >= 0.3 is 0 Å². The van der Waals surface area contributed by atoms with E-state index >= 15 is 0 Å². The molecule has 0 spiro atoms. The lowest BCUT2D eigenvalue weighted by molar-refractivity contribution is 0.0990. The smallest absolute Gasteiger partial charge is 0.171 e. The molecule has 2 rings (SSSR count). The fourth-order valence-electron chi connectivity index (χ4n) is 1.97. The Morgan fingerprint density at radius 1 is 1.05 bits per heavy atom. The van der Waals surface area contributed by atoms with E-state index in [0.29, 0.717) is 11.1 Å². The molecule has 2 aromatic rings. The van der Waals surface area contributed by atoms with Crippen molar-refractivity contribution in [3.05, 3.63) is 58.7 Å². The van der Waals surface area contributed by atoms with Crippen LogP contribution in [0.3, 0.4) is 0 Å². The molecule has 3 nitrogen and oxygen atoms in total. The van der Waals surface area contributed by atoms with Crippen LogP contribution in [-0.4, -0.2) is 16.0 Å². The third kappa shape index (κ3) is 2.60. The molecular formula is C16H16O3. The van der Waals surface area contributed by atoms with E-state index in [9.17, 15) is 15.0 Å². The van der Waals surface area contributed by atoms with Crippen LogP contribution in [0.15, 0.2) is 36.4 Å². The maximum Gasteiger partial charge on any atom is 0.171 e. The van der Waals surface area contributed by atoms with E-state index in [1.54, 1.807) is 13.8 Å². The van der Waals surface area contributed by atoms with Crippen molar-refractivity contribution in [2.24, 2.45) is 0 Å². The van der Waals surface area contributed by atoms with E-state index in [2.05, 4.69) is 0 Å². The van der Waals surface area contributed by atoms with Gasteiger partial charge in [-0.2, -0.15) is 0 Å². The fraction of sp³-hybridized carbons (Fsp3) is 0.188. The third-order valence-corrected chi connectivity index (χ3v) is 3.35. The van der Waals surface area contributed by atoms with Gasteiger partial charge in [0.25, 0.3) is 0 Å². The van der Waals surface area contributed by atoms with Crippen molar-refractivity contribution in [2.75, 3.05) is 0 Å². The van der Waals surface area contributed by atoms with Crippen LogP contribution >= 0.6 is 0 Å². The zero-order valence-corrected chi connectivity index (χ0v) is 11.0. The average Bonchev–Trinajstić information content (AvgIpc) is 2.41. The Labute approximate surface area is 112 Å². The van der Waals surface area contributed by atoms with Gasteiger partial charge in [0.15, 0.2) is 5.78 Å². The van der Waals surface area contributed by atoms with Crippen LogP contribution in [-0.2, 0) is 6.42 Å². The van der Waals surface area contributed by atoms with Crippen LogP contribution in [0.5, 0.6) is 11.5 Å². The number of phenolic OH excluding ortho intramolecular Hbond substituents is 2. The average molecular weight is 256 g/mol. The van der Waals surface area contributed by atoms with Crippen molar-refractivity contribution in [2.45, 2.75) is 20.3 Å². The number of phenols is 2. The molecule has 0 aliphatic rings. The van der Waals surface area contributed by atoms with E-state index < -0.39 is 0 Å². The standard InChI is InChI=1S/C16H16O3/c1-10-11(2)16(19)13(9-14(10)17)15(18)8-12-6-4-3-5-7-12/h3-7,9,17,19H,8H2,1-2H3. The second kappa shape index (κ2) is 5.14. The van der Waals surface area contributed by atoms with Gasteiger partial charge in [-0.1, -0.05) is 30.3 Å². The second-order valence-corrected chi connectivity index (χ2v) is 4.63. The monoisotopic (exact) mass is 256 g/mol. The van der Waals surface area contributed by atoms with E-state index in [1.165, 1.54) is 6.07 Å². The Bertz CT molecular complexity index is 616. The number of hydrogen-bond acceptors (Lipinski definition) is 3. The summed E-state index contributed by atoms with van der Waals surface area (Å²) in [7, 11) is 0. The molecule has 0 amide bonds. The van der Waals surface area contributed by atoms with Crippen molar-refractivity contribution >= 4 is 5.78 Å². The number of carbonyl (C=O) groups is 1. The first-order valence-electron chi connectivity index (χ1n) is 6.10. The summed E-state index contributed by atoms with van der Waals surface area (Å²) in [5.74, 6) is -0.218. The zero-order valence-electron chi connectivity index (χ0n) is 11.0. The number of ketones is 1. The number of Topliss-reactive ketones (excluding diaryl/α,β-unsaturated/α-hetero) is 1. The van der Waals surface area contributed by atoms with Crippen molar-refractivity contribution in [1.82, 2.24) is 0 Å². The second-order valence-electron chi connectivity index (χ2n) is 4.63. The molecule has 98 valence electrons. The summed E-state index contributed by atoms with van der Waals surface area (Å²) in [4.78, 5) is 12.2. The molecule has 0 saturated heterocycles. The first-order valence-corrected chi connectivity index (χ1v) is 6.10. The summed E-state index contributed by atoms with van der Waals surface area (Å²) in [5, 5.41) is 19.8. The molecule has 0 atom stereocenters. The van der Waals surface area contributed by atoms with Crippen molar-refractivity contribution in [3.8, 4) is 11.5 Å². The topological polar surface area (TPSA) is 57.5 Å². The van der Waals surface area contributed by atoms with Crippen LogP contribution in [0.2, 0.25) is 0 Å². The van der Waals surface area contributed by atoms with Crippen LogP contribution in [0.25, 0.3) is 0 Å². The Kier molecular flexibility index (Phi) is 3.56. The molecular weight excluding hydrogens is 240 g/mol. The van der Waals surface area contributed by atoms with E-state index in [-0.39, 0.29) is 29.3 Å². The van der Waals surface area contributed by atoms with Gasteiger partial charge in [-0.25, -0.2) is 0 Å². The Morgan fingerprint density at radius 2 is 1.68 bits per heavy atom. The van der Waals surface area contributed by atoms with Gasteiger partial charge < -0.3 is 10.2 Å². The summed E-state index contributed by atoms with van der Waals surface area (Å²) < 4.78 is 0. The fourth-order valence-corrected chi connectivity index (χ4v) is 1.97. The van der Waals surface area contributed by atoms with Crippen molar-refractivity contribution < 1.29 is 15.0 Å². The molecule has 0 bridgehead atoms. The number of carbonyl (C=O) groups excluding carboxylic acids is 1. The van der Waals surface area contributed by atoms with Gasteiger partial charge in [0.05, 0.1) is 5.56 Å². The molecule has 0 radical (unpaired) electrons. The highest BCUT2D eigenvalue weighted by molar-refractivity contribution is 6.00. The molecule has 2 aromatic carbocycles. The molecule has 0 fully saturated rings. The first-order chi connectivity index (χ1) is 9.00. The Balaban J connectivity index is 2.35. The molecule has 2 N–H and O–H groups in total. The van der Waals surface area contributed by atoms with Gasteiger partial charge in [0.2, 0.25) is 0 Å². The molecule has 0 saturated carbocycles. The number of hydrogen-bond donors (Lipinski definition) is 2. The number of rotatable bonds is 3. The summed E-state index contributed by atoms with van der Waals surface area (Å²) in [6.07, 6.45) is 0.205. The molecule has 0 aliphatic carbocycles. The van der Waals surface area contributed by atoms with E-state index in [4.69, 9.17) is 0 Å². The molecule has 19 heavy (non-hydrogen) atoms. The minimum Gasteiger partial charge on any atom is -0.508 e. The van der Waals surface area contributed by atoms with Crippen LogP contribution in [0, 0.1) is 13.8 Å². The lowest BCUT2D eigenvalue weighted by Gasteiger charge is -2.11. The highest BCUT2D eigenvalue weighted by Gasteiger charge is 2.17. The first kappa shape index (κ1) is 13.1. The van der Waals surface area contributed by atoms with Gasteiger partial charge in [-0.05, 0) is 36.6 Å². The minimum atomic E-state index is -0.206. The summed E-state index contributed by atoms with van der Waals surface area (Å²) in [6.45, 7) is 3.39. The third-order valence-electron chi connectivity index (χ3n) is 3.35.